The SMILES string of the molecule is N#Cc1cc(C#N)c(F)cc1F.N#Cc1cc(C#N)c(Oc2cccc(Oc3cc(F)c(C#N)cc3C#N)c2)cc1F.O=CO[O-].Oc1cccc(O)c1.[Cs+].[Cs+].[H-]. The molecule has 2 N–H and O–H groups in total. The number of ether oxygens (including phenoxy) is 2. The van der Waals surface area contributed by atoms with Crippen molar-refractivity contribution >= 4 is 6.47 Å². The van der Waals surface area contributed by atoms with Gasteiger partial charge in [-0.05, 0) is 42.5 Å². The molecule has 268 valence electrons. The van der Waals surface area contributed by atoms with Crippen LogP contribution in [0.4, 0.5) is 17.6 Å². The first kappa shape index (κ1) is 51.5. The zero-order valence-electron chi connectivity index (χ0n) is 29.8. The number of nitriles is 6. The summed E-state index contributed by atoms with van der Waals surface area (Å²) in [6.45, 7) is -0.181. The van der Waals surface area contributed by atoms with E-state index in [1.54, 1.807) is 18.2 Å². The van der Waals surface area contributed by atoms with Gasteiger partial charge in [0, 0.05) is 30.3 Å². The molecule has 0 saturated carbocycles. The van der Waals surface area contributed by atoms with Crippen molar-refractivity contribution in [2.45, 2.75) is 0 Å². The minimum atomic E-state index is -0.950. The Labute approximate surface area is 434 Å². The maximum absolute atomic E-state index is 13.9. The van der Waals surface area contributed by atoms with Crippen LogP contribution < -0.4 is 153 Å². The minimum Gasteiger partial charge on any atom is -1.00 e. The third-order valence-electron chi connectivity index (χ3n) is 6.05. The molecule has 0 aliphatic carbocycles. The summed E-state index contributed by atoms with van der Waals surface area (Å²) in [5, 5.41) is 78.5. The molecule has 5 rings (SSSR count). The van der Waals surface area contributed by atoms with E-state index in [1.807, 2.05) is 12.1 Å². The van der Waals surface area contributed by atoms with Crippen molar-refractivity contribution in [3.05, 3.63) is 142 Å². The molecule has 5 aromatic rings. The van der Waals surface area contributed by atoms with Gasteiger partial charge in [0.05, 0.1) is 33.4 Å². The fourth-order valence-electron chi connectivity index (χ4n) is 3.69. The van der Waals surface area contributed by atoms with Crippen molar-refractivity contribution in [2.24, 2.45) is 0 Å². The number of benzene rings is 5. The number of hydrogen-bond acceptors (Lipinski definition) is 13. The van der Waals surface area contributed by atoms with Crippen LogP contribution in [-0.2, 0) is 9.68 Å². The molecule has 0 aromatic heterocycles. The molecule has 0 heterocycles. The molecule has 0 atom stereocenters. The number of halogens is 4. The summed E-state index contributed by atoms with van der Waals surface area (Å²) in [6, 6.07) is 27.1. The molecule has 5 aromatic carbocycles. The summed E-state index contributed by atoms with van der Waals surface area (Å²) >= 11 is 0. The minimum absolute atomic E-state index is 0. The molecule has 0 spiro atoms. The van der Waals surface area contributed by atoms with E-state index in [0.29, 0.717) is 6.07 Å². The Balaban J connectivity index is 0. The number of carbonyl (C=O) groups excluding carboxylic acids is 1. The van der Waals surface area contributed by atoms with E-state index in [1.165, 1.54) is 54.6 Å². The van der Waals surface area contributed by atoms with E-state index < -0.39 is 23.3 Å². The third-order valence-corrected chi connectivity index (χ3v) is 6.05. The van der Waals surface area contributed by atoms with E-state index in [9.17, 15) is 28.1 Å². The topological polar surface area (TPSA) is 251 Å². The molecule has 0 unspecified atom stereocenters. The Morgan fingerprint density at radius 1 is 0.518 bits per heavy atom. The third kappa shape index (κ3) is 16.3. The molecule has 13 nitrogen and oxygen atoms in total. The Kier molecular flexibility index (Phi) is 25.0. The van der Waals surface area contributed by atoms with Crippen LogP contribution in [0.25, 0.3) is 0 Å². The maximum atomic E-state index is 13.9. The average Bonchev–Trinajstić information content (AvgIpc) is 3.16. The standard InChI is InChI=1S/C22H8F2N4O2.C8H2F2N2.C6H6O2.CH2O3.2Cs.H/c23-19-7-21(15(11-27)4-13(19)9-25)29-17-2-1-3-18(6-17)30-22-8-20(24)14(10-26)5-16(22)12-28;9-7-2-8(10)6(4-12)1-5(7)3-11;7-5-2-1-3-6(8)4-5;2-1-4-3;;;/h1-8H;1-2H;1-4,7-8H;1,3H;;;/q;;;;2*+1;-1/p-1. The summed E-state index contributed by atoms with van der Waals surface area (Å²) in [4.78, 5) is 11.2. The van der Waals surface area contributed by atoms with Gasteiger partial charge < -0.3 is 31.3 Å². The van der Waals surface area contributed by atoms with Crippen LogP contribution in [0, 0.1) is 91.3 Å². The number of phenols is 2. The molecular formula is C37H18Cs2F4N6O7. The van der Waals surface area contributed by atoms with Gasteiger partial charge in [0.25, 0.3) is 6.47 Å². The van der Waals surface area contributed by atoms with Crippen LogP contribution in [0.5, 0.6) is 34.5 Å². The van der Waals surface area contributed by atoms with E-state index in [0.717, 1.165) is 30.3 Å². The molecular weight excluding hydrogens is 982 g/mol. The molecule has 19 heteroatoms. The number of hydrogen-bond donors (Lipinski definition) is 2. The van der Waals surface area contributed by atoms with Gasteiger partial charge in [-0.2, -0.15) is 31.6 Å². The second-order valence-corrected chi connectivity index (χ2v) is 9.53. The zero-order valence-corrected chi connectivity index (χ0v) is 41.4. The van der Waals surface area contributed by atoms with Crippen LogP contribution in [-0.4, -0.2) is 16.7 Å². The first-order valence-electron chi connectivity index (χ1n) is 14.1. The Morgan fingerprint density at radius 2 is 0.821 bits per heavy atom. The molecule has 56 heavy (non-hydrogen) atoms. The fraction of sp³-hybridized carbons (Fsp3) is 0. The largest absolute Gasteiger partial charge is 1.00 e. The molecule has 0 bridgehead atoms. The number of nitrogens with zero attached hydrogens (tertiary/aromatic N) is 6. The summed E-state index contributed by atoms with van der Waals surface area (Å²) in [5.74, 6) is -3.28. The van der Waals surface area contributed by atoms with Gasteiger partial charge in [-0.1, -0.05) is 12.1 Å². The Bertz CT molecular complexity index is 2290. The van der Waals surface area contributed by atoms with Crippen molar-refractivity contribution in [2.75, 3.05) is 0 Å². The summed E-state index contributed by atoms with van der Waals surface area (Å²) < 4.78 is 64.1. The van der Waals surface area contributed by atoms with E-state index >= 15 is 0 Å². The zero-order chi connectivity index (χ0) is 40.2. The van der Waals surface area contributed by atoms with Gasteiger partial charge in [0.15, 0.2) is 0 Å². The van der Waals surface area contributed by atoms with Gasteiger partial charge in [-0.3, -0.25) is 4.79 Å². The van der Waals surface area contributed by atoms with E-state index in [4.69, 9.17) is 50.8 Å². The van der Waals surface area contributed by atoms with Gasteiger partial charge >= 0.3 is 138 Å². The number of carbonyl (C=O) groups is 1. The van der Waals surface area contributed by atoms with Crippen molar-refractivity contribution < 1.29 is 191 Å². The summed E-state index contributed by atoms with van der Waals surface area (Å²) in [6.07, 6.45) is 0. The predicted octanol–water partition coefficient (Wildman–Crippen LogP) is 0.397. The Morgan fingerprint density at radius 3 is 1.11 bits per heavy atom. The van der Waals surface area contributed by atoms with Crippen LogP contribution >= 0.6 is 0 Å². The van der Waals surface area contributed by atoms with Crippen LogP contribution in [0.2, 0.25) is 0 Å². The van der Waals surface area contributed by atoms with Gasteiger partial charge in [0.1, 0.15) is 94.2 Å². The van der Waals surface area contributed by atoms with Crippen molar-refractivity contribution in [1.29, 1.82) is 31.6 Å². The van der Waals surface area contributed by atoms with Crippen LogP contribution in [0.3, 0.4) is 0 Å². The molecule has 0 fully saturated rings. The first-order valence-corrected chi connectivity index (χ1v) is 14.1. The smallest absolute Gasteiger partial charge is 1.00 e. The predicted molar refractivity (Wildman–Crippen MR) is 172 cm³/mol. The molecule has 0 amide bonds. The normalized spacial score (nSPS) is 8.62. The quantitative estimate of drug-likeness (QED) is 0.105. The van der Waals surface area contributed by atoms with E-state index in [-0.39, 0.29) is 214 Å². The molecule has 0 aliphatic heterocycles. The van der Waals surface area contributed by atoms with Crippen LogP contribution in [0.1, 0.15) is 34.8 Å². The fourth-order valence-corrected chi connectivity index (χ4v) is 3.69. The molecule has 0 radical (unpaired) electrons. The number of rotatable bonds is 5. The van der Waals surface area contributed by atoms with Crippen LogP contribution in [0.15, 0.2) is 84.9 Å². The number of aromatic hydroxyl groups is 2. The molecule has 0 aliphatic rings. The van der Waals surface area contributed by atoms with Gasteiger partial charge in [-0.25, -0.2) is 17.6 Å². The average molecular weight is 1000 g/mol. The second kappa shape index (κ2) is 27.2. The Hall–Kier alpha value is -4.51. The first-order chi connectivity index (χ1) is 25.9. The van der Waals surface area contributed by atoms with Crippen molar-refractivity contribution in [3.8, 4) is 70.9 Å². The maximum Gasteiger partial charge on any atom is 1.00 e. The summed E-state index contributed by atoms with van der Waals surface area (Å²) in [5.41, 5.74) is -1.31. The van der Waals surface area contributed by atoms with Gasteiger partial charge in [0.2, 0.25) is 0 Å². The van der Waals surface area contributed by atoms with Gasteiger partial charge in [-0.15, -0.1) is 0 Å². The van der Waals surface area contributed by atoms with E-state index in [2.05, 4.69) is 4.89 Å². The second-order valence-electron chi connectivity index (χ2n) is 9.53. The number of phenolic OH excluding ortho intramolecular Hbond substituents is 2. The monoisotopic (exact) mass is 1000 g/mol. The van der Waals surface area contributed by atoms with Crippen molar-refractivity contribution in [1.82, 2.24) is 0 Å². The summed E-state index contributed by atoms with van der Waals surface area (Å²) in [7, 11) is 0. The van der Waals surface area contributed by atoms with Crippen molar-refractivity contribution in [3.63, 3.8) is 0 Å². The molecule has 0 saturated heterocycles.